The van der Waals surface area contributed by atoms with Gasteiger partial charge in [-0.2, -0.15) is 4.89 Å². The summed E-state index contributed by atoms with van der Waals surface area (Å²) in [6.07, 6.45) is 5.83. The monoisotopic (exact) mass is 382 g/mol. The van der Waals surface area contributed by atoms with E-state index in [4.69, 9.17) is 28.8 Å². The van der Waals surface area contributed by atoms with Crippen molar-refractivity contribution < 1.29 is 33.4 Å². The van der Waals surface area contributed by atoms with Gasteiger partial charge < -0.3 is 9.26 Å². The van der Waals surface area contributed by atoms with Gasteiger partial charge in [-0.25, -0.2) is 9.45 Å². The summed E-state index contributed by atoms with van der Waals surface area (Å²) in [5, 5.41) is 0. The molecule has 1 atom stereocenters. The maximum atomic E-state index is 11.2. The highest BCUT2D eigenvalue weighted by atomic mass is 31.2. The topological polar surface area (TPSA) is 94.5 Å². The van der Waals surface area contributed by atoms with Crippen molar-refractivity contribution in [1.82, 2.24) is 0 Å². The minimum Gasteiger partial charge on any atom is -0.404 e. The van der Waals surface area contributed by atoms with Gasteiger partial charge in [0.2, 0.25) is 0 Å². The molecular weight excluding hydrogens is 359 g/mol. The molecule has 0 aromatic heterocycles. The van der Waals surface area contributed by atoms with Gasteiger partial charge in [-0.3, -0.25) is 9.79 Å². The van der Waals surface area contributed by atoms with Crippen LogP contribution < -0.4 is 4.52 Å². The molecule has 7 nitrogen and oxygen atoms in total. The molecule has 1 aliphatic heterocycles. The molecule has 0 amide bonds. The molecule has 4 aliphatic carbocycles. The molecule has 1 aromatic carbocycles. The first-order valence-electron chi connectivity index (χ1n) is 9.14. The van der Waals surface area contributed by atoms with Gasteiger partial charge in [0.05, 0.1) is 0 Å². The lowest BCUT2D eigenvalue weighted by molar-refractivity contribution is -0.645. The molecule has 0 radical (unpaired) electrons. The molecule has 1 heterocycles. The maximum absolute atomic E-state index is 11.2. The molecule has 4 saturated carbocycles. The Morgan fingerprint density at radius 2 is 1.73 bits per heavy atom. The summed E-state index contributed by atoms with van der Waals surface area (Å²) in [5.74, 6) is 1.31. The van der Waals surface area contributed by atoms with E-state index in [9.17, 15) is 4.57 Å². The summed E-state index contributed by atoms with van der Waals surface area (Å²) in [6, 6.07) is 6.62. The zero-order valence-corrected chi connectivity index (χ0v) is 15.4. The third kappa shape index (κ3) is 2.22. The van der Waals surface area contributed by atoms with Crippen molar-refractivity contribution in [2.24, 2.45) is 23.7 Å². The van der Waals surface area contributed by atoms with Crippen molar-refractivity contribution in [2.75, 3.05) is 7.11 Å². The molecule has 5 fully saturated rings. The number of hydrogen-bond donors (Lipinski definition) is 2. The van der Waals surface area contributed by atoms with Crippen molar-refractivity contribution in [3.8, 4) is 5.75 Å². The van der Waals surface area contributed by atoms with E-state index in [1.807, 2.05) is 6.07 Å². The van der Waals surface area contributed by atoms with Gasteiger partial charge in [-0.15, -0.1) is 0 Å². The predicted molar refractivity (Wildman–Crippen MR) is 89.7 cm³/mol. The van der Waals surface area contributed by atoms with Crippen molar-refractivity contribution in [3.05, 3.63) is 29.8 Å². The van der Waals surface area contributed by atoms with E-state index >= 15 is 0 Å². The van der Waals surface area contributed by atoms with E-state index in [1.165, 1.54) is 12.5 Å². The third-order valence-electron chi connectivity index (χ3n) is 6.89. The summed E-state index contributed by atoms with van der Waals surface area (Å²) in [6.45, 7) is 0. The second-order valence-electron chi connectivity index (χ2n) is 8.19. The first-order chi connectivity index (χ1) is 12.4. The van der Waals surface area contributed by atoms with E-state index in [1.54, 1.807) is 19.2 Å². The van der Waals surface area contributed by atoms with E-state index in [0.29, 0.717) is 17.4 Å². The standard InChI is InChI=1S/C18H23O7P/c1-22-18(13-3-2-4-16(10-13)23-26(19,20)21)17(24-25-18)14-6-11-5-12(8-14)9-15(17)7-11/h2-4,10-12,14-15H,5-9H2,1H3,(H2,19,20,21)/t11?,12?,14?,15?,17?,18-/m1/s1. The lowest BCUT2D eigenvalue weighted by Gasteiger charge is -2.68. The maximum Gasteiger partial charge on any atom is 0.524 e. The number of ether oxygens (including phenoxy) is 1. The largest absolute Gasteiger partial charge is 0.524 e. The summed E-state index contributed by atoms with van der Waals surface area (Å²) in [7, 11) is -3.03. The summed E-state index contributed by atoms with van der Waals surface area (Å²) in [5.41, 5.74) is 0.139. The van der Waals surface area contributed by atoms with Crippen LogP contribution in [-0.4, -0.2) is 22.5 Å². The lowest BCUT2D eigenvalue weighted by Crippen LogP contribution is -2.76. The predicted octanol–water partition coefficient (Wildman–Crippen LogP) is 3.11. The molecule has 1 aromatic rings. The molecule has 4 bridgehead atoms. The van der Waals surface area contributed by atoms with E-state index < -0.39 is 19.2 Å². The van der Waals surface area contributed by atoms with Crippen LogP contribution in [0.4, 0.5) is 0 Å². The lowest BCUT2D eigenvalue weighted by atomic mass is 9.47. The Morgan fingerprint density at radius 3 is 2.23 bits per heavy atom. The smallest absolute Gasteiger partial charge is 0.404 e. The molecule has 26 heavy (non-hydrogen) atoms. The zero-order valence-electron chi connectivity index (χ0n) is 14.5. The van der Waals surface area contributed by atoms with E-state index in [2.05, 4.69) is 0 Å². The fourth-order valence-electron chi connectivity index (χ4n) is 6.25. The van der Waals surface area contributed by atoms with Crippen molar-refractivity contribution >= 4 is 7.82 Å². The molecule has 8 heteroatoms. The highest BCUT2D eigenvalue weighted by Crippen LogP contribution is 2.69. The average Bonchev–Trinajstić information content (AvgIpc) is 2.53. The molecular formula is C18H23O7P. The Bertz CT molecular complexity index is 743. The highest BCUT2D eigenvalue weighted by Gasteiger charge is 2.76. The SMILES string of the molecule is CO[C@]1(c2cccc(OP(=O)(O)O)c2)OOC12C1CC3CC(C1)CC2C3. The van der Waals surface area contributed by atoms with E-state index in [-0.39, 0.29) is 5.75 Å². The number of phosphoric acid groups is 1. The van der Waals surface area contributed by atoms with Crippen LogP contribution in [0, 0.1) is 23.7 Å². The molecule has 2 N–H and O–H groups in total. The van der Waals surface area contributed by atoms with Crippen LogP contribution in [0.2, 0.25) is 0 Å². The van der Waals surface area contributed by atoms with Crippen molar-refractivity contribution in [3.63, 3.8) is 0 Å². The average molecular weight is 382 g/mol. The quantitative estimate of drug-likeness (QED) is 0.610. The van der Waals surface area contributed by atoms with Gasteiger partial charge in [0.1, 0.15) is 5.75 Å². The first-order valence-corrected chi connectivity index (χ1v) is 10.7. The Hall–Kier alpha value is -0.950. The Morgan fingerprint density at radius 1 is 1.08 bits per heavy atom. The number of rotatable bonds is 4. The molecule has 0 unspecified atom stereocenters. The molecule has 142 valence electrons. The van der Waals surface area contributed by atoms with Gasteiger partial charge >= 0.3 is 7.82 Å². The summed E-state index contributed by atoms with van der Waals surface area (Å²) in [4.78, 5) is 29.7. The normalized spacial score (nSPS) is 43.5. The minimum atomic E-state index is -4.63. The van der Waals surface area contributed by atoms with E-state index in [0.717, 1.165) is 37.5 Å². The van der Waals surface area contributed by atoms with Crippen LogP contribution in [0.25, 0.3) is 0 Å². The third-order valence-corrected chi connectivity index (χ3v) is 7.34. The van der Waals surface area contributed by atoms with Gasteiger partial charge in [-0.1, -0.05) is 12.1 Å². The van der Waals surface area contributed by atoms with Crippen molar-refractivity contribution in [2.45, 2.75) is 43.5 Å². The summed E-state index contributed by atoms with van der Waals surface area (Å²) >= 11 is 0. The summed E-state index contributed by atoms with van der Waals surface area (Å²) < 4.78 is 21.9. The van der Waals surface area contributed by atoms with Gasteiger partial charge in [0.15, 0.2) is 5.60 Å². The second-order valence-corrected chi connectivity index (χ2v) is 9.36. The van der Waals surface area contributed by atoms with Crippen LogP contribution in [0.15, 0.2) is 24.3 Å². The Labute approximate surface area is 151 Å². The number of hydrogen-bond acceptors (Lipinski definition) is 5. The highest BCUT2D eigenvalue weighted by molar-refractivity contribution is 7.46. The van der Waals surface area contributed by atoms with Gasteiger partial charge in [0.25, 0.3) is 5.79 Å². The van der Waals surface area contributed by atoms with Crippen LogP contribution in [0.1, 0.15) is 37.7 Å². The van der Waals surface area contributed by atoms with Gasteiger partial charge in [0, 0.05) is 12.7 Å². The number of methoxy groups -OCH3 is 1. The zero-order chi connectivity index (χ0) is 18.2. The molecule has 1 spiro atoms. The number of phosphoric ester groups is 1. The van der Waals surface area contributed by atoms with Crippen LogP contribution in [-0.2, 0) is 24.9 Å². The van der Waals surface area contributed by atoms with Crippen LogP contribution >= 0.6 is 7.82 Å². The minimum absolute atomic E-state index is 0.0849. The molecule has 5 aliphatic rings. The molecule has 1 saturated heterocycles. The van der Waals surface area contributed by atoms with Crippen molar-refractivity contribution in [1.29, 1.82) is 0 Å². The van der Waals surface area contributed by atoms with Crippen LogP contribution in [0.3, 0.4) is 0 Å². The van der Waals surface area contributed by atoms with Gasteiger partial charge in [-0.05, 0) is 67.9 Å². The second kappa shape index (κ2) is 5.53. The number of benzene rings is 1. The Balaban J connectivity index is 1.55. The molecule has 6 rings (SSSR count). The van der Waals surface area contributed by atoms with Crippen LogP contribution in [0.5, 0.6) is 5.75 Å². The first kappa shape index (κ1) is 17.2. The Kier molecular flexibility index (Phi) is 3.65. The fraction of sp³-hybridized carbons (Fsp3) is 0.667. The fourth-order valence-corrected chi connectivity index (χ4v) is 6.64.